The highest BCUT2D eigenvalue weighted by Crippen LogP contribution is 2.10. The van der Waals surface area contributed by atoms with Crippen LogP contribution in [-0.2, 0) is 19.1 Å². The molecule has 46 heavy (non-hydrogen) atoms. The Morgan fingerprint density at radius 1 is 0.522 bits per heavy atom. The second-order valence-electron chi connectivity index (χ2n) is 11.6. The van der Waals surface area contributed by atoms with E-state index in [9.17, 15) is 14.7 Å². The molecule has 5 nitrogen and oxygen atoms in total. The molecule has 0 fully saturated rings. The number of unbranched alkanes of at least 4 members (excludes halogenated alkanes) is 9. The molecular formula is C41H66O5. The Hall–Kier alpha value is -2.92. The van der Waals surface area contributed by atoms with Crippen molar-refractivity contribution in [2.45, 2.75) is 148 Å². The molecule has 0 aromatic heterocycles. The van der Waals surface area contributed by atoms with Crippen molar-refractivity contribution in [1.29, 1.82) is 0 Å². The summed E-state index contributed by atoms with van der Waals surface area (Å²) in [6.07, 6.45) is 49.3. The van der Waals surface area contributed by atoms with E-state index in [-0.39, 0.29) is 25.6 Å². The average Bonchev–Trinajstić information content (AvgIpc) is 3.06. The molecule has 0 aliphatic heterocycles. The highest BCUT2D eigenvalue weighted by molar-refractivity contribution is 5.70. The number of ether oxygens (including phenoxy) is 2. The lowest BCUT2D eigenvalue weighted by molar-refractivity contribution is -0.161. The summed E-state index contributed by atoms with van der Waals surface area (Å²) in [5.74, 6) is -0.709. The van der Waals surface area contributed by atoms with Gasteiger partial charge in [0.15, 0.2) is 6.10 Å². The Balaban J connectivity index is 3.77. The lowest BCUT2D eigenvalue weighted by Gasteiger charge is -2.15. The van der Waals surface area contributed by atoms with E-state index in [0.29, 0.717) is 12.8 Å². The zero-order valence-corrected chi connectivity index (χ0v) is 29.3. The molecule has 0 aliphatic rings. The number of carbonyl (C=O) groups excluding carboxylic acids is 2. The van der Waals surface area contributed by atoms with Gasteiger partial charge in [-0.05, 0) is 77.0 Å². The van der Waals surface area contributed by atoms with Gasteiger partial charge in [-0.2, -0.15) is 0 Å². The fraction of sp³-hybridized carbons (Fsp3) is 0.610. The van der Waals surface area contributed by atoms with Crippen LogP contribution in [0.2, 0.25) is 0 Å². The van der Waals surface area contributed by atoms with Crippen LogP contribution in [0.3, 0.4) is 0 Å². The molecule has 1 atom stereocenters. The summed E-state index contributed by atoms with van der Waals surface area (Å²) in [5, 5.41) is 9.51. The number of aliphatic hydroxyl groups excluding tert-OH is 1. The van der Waals surface area contributed by atoms with Crippen molar-refractivity contribution in [2.75, 3.05) is 13.2 Å². The van der Waals surface area contributed by atoms with E-state index >= 15 is 0 Å². The fourth-order valence-electron chi connectivity index (χ4n) is 4.45. The Labute approximate surface area is 282 Å². The highest BCUT2D eigenvalue weighted by Gasteiger charge is 2.15. The minimum Gasteiger partial charge on any atom is -0.462 e. The van der Waals surface area contributed by atoms with Gasteiger partial charge in [-0.25, -0.2) is 0 Å². The summed E-state index contributed by atoms with van der Waals surface area (Å²) >= 11 is 0. The largest absolute Gasteiger partial charge is 0.462 e. The second kappa shape index (κ2) is 36.5. The van der Waals surface area contributed by atoms with E-state index in [1.54, 1.807) is 0 Å². The van der Waals surface area contributed by atoms with Crippen molar-refractivity contribution >= 4 is 11.9 Å². The maximum atomic E-state index is 12.1. The molecule has 0 aromatic rings. The number of aliphatic hydroxyl groups is 1. The fourth-order valence-corrected chi connectivity index (χ4v) is 4.45. The van der Waals surface area contributed by atoms with Crippen LogP contribution in [0.15, 0.2) is 85.1 Å². The molecule has 0 aliphatic carbocycles. The lowest BCUT2D eigenvalue weighted by Crippen LogP contribution is -2.28. The Bertz CT molecular complexity index is 906. The predicted octanol–water partition coefficient (Wildman–Crippen LogP) is 11.2. The first-order chi connectivity index (χ1) is 22.6. The van der Waals surface area contributed by atoms with Gasteiger partial charge in [0, 0.05) is 12.8 Å². The molecule has 0 radical (unpaired) electrons. The Morgan fingerprint density at radius 3 is 1.50 bits per heavy atom. The van der Waals surface area contributed by atoms with Gasteiger partial charge in [0.05, 0.1) is 6.61 Å². The maximum absolute atomic E-state index is 12.1. The molecule has 0 saturated carbocycles. The van der Waals surface area contributed by atoms with Gasteiger partial charge < -0.3 is 14.6 Å². The van der Waals surface area contributed by atoms with Crippen molar-refractivity contribution in [2.24, 2.45) is 0 Å². The van der Waals surface area contributed by atoms with Gasteiger partial charge in [-0.1, -0.05) is 137 Å². The van der Waals surface area contributed by atoms with E-state index in [1.165, 1.54) is 44.9 Å². The summed E-state index contributed by atoms with van der Waals surface area (Å²) in [7, 11) is 0. The summed E-state index contributed by atoms with van der Waals surface area (Å²) < 4.78 is 10.5. The monoisotopic (exact) mass is 638 g/mol. The molecule has 0 bridgehead atoms. The summed E-state index contributed by atoms with van der Waals surface area (Å²) in [5.41, 5.74) is 0. The number of hydrogen-bond acceptors (Lipinski definition) is 5. The minimum absolute atomic E-state index is 0.105. The first kappa shape index (κ1) is 43.1. The number of hydrogen-bond donors (Lipinski definition) is 1. The van der Waals surface area contributed by atoms with Gasteiger partial charge in [0.1, 0.15) is 6.61 Å². The summed E-state index contributed by atoms with van der Waals surface area (Å²) in [4.78, 5) is 24.1. The van der Waals surface area contributed by atoms with Crippen LogP contribution >= 0.6 is 0 Å². The van der Waals surface area contributed by atoms with Gasteiger partial charge in [0.25, 0.3) is 0 Å². The van der Waals surface area contributed by atoms with E-state index in [2.05, 4.69) is 86.8 Å². The van der Waals surface area contributed by atoms with Crippen molar-refractivity contribution in [3.63, 3.8) is 0 Å². The normalized spacial score (nSPS) is 13.2. The SMILES string of the molecule is CC/C=C/C/C=C/C/C=C/C/C=C/C/C=C/C/C=C/CCC(=O)O[C@@H](CO)COC(=O)CCCCCCC/C=C/CCCCCC. The minimum atomic E-state index is -0.818. The zero-order chi connectivity index (χ0) is 33.6. The smallest absolute Gasteiger partial charge is 0.306 e. The molecule has 0 spiro atoms. The molecule has 1 N–H and O–H groups in total. The van der Waals surface area contributed by atoms with E-state index in [0.717, 1.165) is 64.2 Å². The van der Waals surface area contributed by atoms with Gasteiger partial charge in [-0.3, -0.25) is 9.59 Å². The molecule has 0 unspecified atom stereocenters. The standard InChI is InChI=1S/C41H66O5/c1-3-5-7-9-11-13-15-17-18-19-20-21-22-24-26-28-30-32-34-36-41(44)46-39(37-42)38-45-40(43)35-33-31-29-27-25-23-16-14-12-10-8-6-4-2/h5,7,11,13-14,16-18,20-21,24,26,30,32,39,42H,3-4,6,8-10,12,15,19,22-23,25,27-29,31,33-38H2,1-2H3/b7-5+,13-11+,16-14+,18-17+,21-20+,26-24+,32-30+/t39-/m0/s1. The van der Waals surface area contributed by atoms with Crippen LogP contribution in [-0.4, -0.2) is 36.4 Å². The zero-order valence-electron chi connectivity index (χ0n) is 29.3. The predicted molar refractivity (Wildman–Crippen MR) is 196 cm³/mol. The topological polar surface area (TPSA) is 72.8 Å². The molecule has 0 heterocycles. The van der Waals surface area contributed by atoms with Crippen molar-refractivity contribution < 1.29 is 24.2 Å². The van der Waals surface area contributed by atoms with E-state index in [4.69, 9.17) is 9.47 Å². The Morgan fingerprint density at radius 2 is 0.978 bits per heavy atom. The quantitative estimate of drug-likeness (QED) is 0.0465. The van der Waals surface area contributed by atoms with Crippen LogP contribution in [0.1, 0.15) is 142 Å². The number of allylic oxidation sites excluding steroid dienone is 14. The number of carbonyl (C=O) groups is 2. The highest BCUT2D eigenvalue weighted by atomic mass is 16.6. The third-order valence-corrected chi connectivity index (χ3v) is 7.19. The summed E-state index contributed by atoms with van der Waals surface area (Å²) in [6.45, 7) is 3.91. The van der Waals surface area contributed by atoms with E-state index < -0.39 is 12.1 Å². The van der Waals surface area contributed by atoms with Crippen LogP contribution in [0.25, 0.3) is 0 Å². The maximum Gasteiger partial charge on any atom is 0.306 e. The molecule has 260 valence electrons. The summed E-state index contributed by atoms with van der Waals surface area (Å²) in [6, 6.07) is 0. The van der Waals surface area contributed by atoms with Crippen LogP contribution in [0.4, 0.5) is 0 Å². The van der Waals surface area contributed by atoms with Crippen molar-refractivity contribution in [3.8, 4) is 0 Å². The molecule has 0 aromatic carbocycles. The third kappa shape index (κ3) is 34.0. The van der Waals surface area contributed by atoms with Crippen LogP contribution in [0.5, 0.6) is 0 Å². The number of esters is 2. The molecule has 0 saturated heterocycles. The van der Waals surface area contributed by atoms with Gasteiger partial charge >= 0.3 is 11.9 Å². The molecule has 0 rings (SSSR count). The Kier molecular flexibility index (Phi) is 34.2. The molecule has 5 heteroatoms. The average molecular weight is 639 g/mol. The van der Waals surface area contributed by atoms with Crippen LogP contribution in [0, 0.1) is 0 Å². The number of rotatable bonds is 31. The van der Waals surface area contributed by atoms with Crippen molar-refractivity contribution in [3.05, 3.63) is 85.1 Å². The van der Waals surface area contributed by atoms with Gasteiger partial charge in [-0.15, -0.1) is 0 Å². The second-order valence-corrected chi connectivity index (χ2v) is 11.6. The molecule has 0 amide bonds. The van der Waals surface area contributed by atoms with Gasteiger partial charge in [0.2, 0.25) is 0 Å². The van der Waals surface area contributed by atoms with Crippen molar-refractivity contribution in [1.82, 2.24) is 0 Å². The lowest BCUT2D eigenvalue weighted by atomic mass is 10.1. The first-order valence-corrected chi connectivity index (χ1v) is 18.1. The molecular weight excluding hydrogens is 572 g/mol. The third-order valence-electron chi connectivity index (χ3n) is 7.19. The van der Waals surface area contributed by atoms with E-state index in [1.807, 2.05) is 12.2 Å². The first-order valence-electron chi connectivity index (χ1n) is 18.1. The van der Waals surface area contributed by atoms with Crippen LogP contribution < -0.4 is 0 Å².